The first kappa shape index (κ1) is 18.5. The van der Waals surface area contributed by atoms with E-state index in [4.69, 9.17) is 11.6 Å². The Kier molecular flexibility index (Phi) is 6.01. The number of aryl methyl sites for hydroxylation is 1. The fraction of sp³-hybridized carbons (Fsp3) is 0.350. The van der Waals surface area contributed by atoms with Crippen molar-refractivity contribution in [2.45, 2.75) is 6.92 Å². The maximum atomic E-state index is 12.1. The molecule has 0 aliphatic carbocycles. The topological polar surface area (TPSA) is 47.6 Å². The van der Waals surface area contributed by atoms with Crippen molar-refractivity contribution in [1.29, 1.82) is 0 Å². The van der Waals surface area contributed by atoms with Crippen molar-refractivity contribution in [3.8, 4) is 0 Å². The second-order valence-corrected chi connectivity index (χ2v) is 7.11. The molecule has 0 saturated carbocycles. The molecule has 1 aliphatic rings. The van der Waals surface area contributed by atoms with Crippen LogP contribution in [0.15, 0.2) is 42.5 Å². The number of hydrogen-bond acceptors (Lipinski definition) is 4. The number of anilines is 3. The van der Waals surface area contributed by atoms with Crippen LogP contribution in [0.25, 0.3) is 0 Å². The van der Waals surface area contributed by atoms with E-state index in [1.165, 1.54) is 5.69 Å². The van der Waals surface area contributed by atoms with Gasteiger partial charge in [-0.1, -0.05) is 17.7 Å². The Bertz CT molecular complexity index is 755. The Hall–Kier alpha value is -2.24. The van der Waals surface area contributed by atoms with Gasteiger partial charge in [0.15, 0.2) is 0 Å². The lowest BCUT2D eigenvalue weighted by Crippen LogP contribution is -2.44. The van der Waals surface area contributed by atoms with E-state index in [-0.39, 0.29) is 12.5 Å². The minimum atomic E-state index is -0.104. The zero-order chi connectivity index (χ0) is 18.5. The molecule has 2 aromatic rings. The summed E-state index contributed by atoms with van der Waals surface area (Å²) in [5.41, 5.74) is 3.85. The largest absolute Gasteiger partial charge is 0.376 e. The van der Waals surface area contributed by atoms with Crippen molar-refractivity contribution in [2.24, 2.45) is 0 Å². The van der Waals surface area contributed by atoms with Gasteiger partial charge in [-0.2, -0.15) is 0 Å². The molecular formula is C20H25ClN4O. The molecule has 0 radical (unpaired) electrons. The van der Waals surface area contributed by atoms with E-state index >= 15 is 0 Å². The number of amides is 1. The van der Waals surface area contributed by atoms with Crippen LogP contribution < -0.4 is 15.5 Å². The number of piperazine rings is 1. The van der Waals surface area contributed by atoms with Gasteiger partial charge in [0, 0.05) is 48.3 Å². The molecule has 6 heteroatoms. The van der Waals surface area contributed by atoms with Crippen molar-refractivity contribution in [3.05, 3.63) is 53.1 Å². The molecule has 0 spiro atoms. The average molecular weight is 373 g/mol. The summed E-state index contributed by atoms with van der Waals surface area (Å²) < 4.78 is 0. The van der Waals surface area contributed by atoms with E-state index in [9.17, 15) is 4.79 Å². The van der Waals surface area contributed by atoms with E-state index in [2.05, 4.69) is 39.6 Å². The lowest BCUT2D eigenvalue weighted by Gasteiger charge is -2.34. The fourth-order valence-electron chi connectivity index (χ4n) is 2.91. The summed E-state index contributed by atoms with van der Waals surface area (Å²) in [4.78, 5) is 16.8. The Morgan fingerprint density at radius 1 is 1.04 bits per heavy atom. The molecule has 0 bridgehead atoms. The summed E-state index contributed by atoms with van der Waals surface area (Å²) in [7, 11) is 2.15. The number of nitrogens with one attached hydrogen (secondary N) is 2. The van der Waals surface area contributed by atoms with E-state index in [1.54, 1.807) is 6.07 Å². The third-order valence-corrected chi connectivity index (χ3v) is 5.05. The number of carbonyl (C=O) groups excluding carboxylic acids is 1. The highest BCUT2D eigenvalue weighted by Crippen LogP contribution is 2.21. The Morgan fingerprint density at radius 2 is 1.69 bits per heavy atom. The molecule has 5 nitrogen and oxygen atoms in total. The second kappa shape index (κ2) is 8.43. The van der Waals surface area contributed by atoms with Gasteiger partial charge in [0.25, 0.3) is 0 Å². The monoisotopic (exact) mass is 372 g/mol. The van der Waals surface area contributed by atoms with Gasteiger partial charge in [0.05, 0.1) is 6.54 Å². The molecule has 3 rings (SSSR count). The van der Waals surface area contributed by atoms with Gasteiger partial charge in [-0.05, 0) is 55.9 Å². The van der Waals surface area contributed by atoms with Crippen molar-refractivity contribution in [3.63, 3.8) is 0 Å². The number of halogens is 1. The molecule has 0 aromatic heterocycles. The highest BCUT2D eigenvalue weighted by molar-refractivity contribution is 6.31. The first-order valence-electron chi connectivity index (χ1n) is 8.85. The first-order valence-corrected chi connectivity index (χ1v) is 9.22. The number of benzene rings is 2. The van der Waals surface area contributed by atoms with Crippen LogP contribution in [0.3, 0.4) is 0 Å². The van der Waals surface area contributed by atoms with E-state index in [0.29, 0.717) is 10.7 Å². The zero-order valence-corrected chi connectivity index (χ0v) is 16.0. The highest BCUT2D eigenvalue weighted by atomic mass is 35.5. The number of carbonyl (C=O) groups is 1. The predicted molar refractivity (Wildman–Crippen MR) is 109 cm³/mol. The van der Waals surface area contributed by atoms with Gasteiger partial charge in [-0.3, -0.25) is 4.79 Å². The second-order valence-electron chi connectivity index (χ2n) is 6.70. The van der Waals surface area contributed by atoms with Crippen molar-refractivity contribution < 1.29 is 4.79 Å². The molecule has 1 fully saturated rings. The predicted octanol–water partition coefficient (Wildman–Crippen LogP) is 3.45. The van der Waals surface area contributed by atoms with Gasteiger partial charge in [-0.15, -0.1) is 0 Å². The minimum absolute atomic E-state index is 0.104. The molecule has 1 amide bonds. The summed E-state index contributed by atoms with van der Waals surface area (Å²) in [6, 6.07) is 13.7. The third kappa shape index (κ3) is 4.90. The lowest BCUT2D eigenvalue weighted by molar-refractivity contribution is -0.114. The van der Waals surface area contributed by atoms with Crippen LogP contribution in [0, 0.1) is 6.92 Å². The highest BCUT2D eigenvalue weighted by Gasteiger charge is 2.14. The van der Waals surface area contributed by atoms with Gasteiger partial charge >= 0.3 is 0 Å². The van der Waals surface area contributed by atoms with E-state index in [0.717, 1.165) is 37.4 Å². The quantitative estimate of drug-likeness (QED) is 0.844. The van der Waals surface area contributed by atoms with Crippen LogP contribution in [-0.2, 0) is 4.79 Å². The van der Waals surface area contributed by atoms with Crippen molar-refractivity contribution in [2.75, 3.05) is 55.3 Å². The summed E-state index contributed by atoms with van der Waals surface area (Å²) in [6.45, 7) is 6.41. The van der Waals surface area contributed by atoms with Gasteiger partial charge in [-0.25, -0.2) is 0 Å². The summed E-state index contributed by atoms with van der Waals surface area (Å²) in [5, 5.41) is 6.65. The Labute approximate surface area is 159 Å². The lowest BCUT2D eigenvalue weighted by atomic mass is 10.2. The number of hydrogen-bond donors (Lipinski definition) is 2. The molecule has 26 heavy (non-hydrogen) atoms. The molecular weight excluding hydrogens is 348 g/mol. The van der Waals surface area contributed by atoms with Crippen LogP contribution in [0.5, 0.6) is 0 Å². The van der Waals surface area contributed by atoms with Gasteiger partial charge in [0.2, 0.25) is 5.91 Å². The van der Waals surface area contributed by atoms with Crippen LogP contribution in [-0.4, -0.2) is 50.6 Å². The Morgan fingerprint density at radius 3 is 2.35 bits per heavy atom. The first-order chi connectivity index (χ1) is 12.5. The molecule has 1 heterocycles. The summed E-state index contributed by atoms with van der Waals surface area (Å²) in [6.07, 6.45) is 0. The molecule has 0 unspecified atom stereocenters. The average Bonchev–Trinajstić information content (AvgIpc) is 2.64. The van der Waals surface area contributed by atoms with Crippen LogP contribution in [0.1, 0.15) is 5.56 Å². The number of nitrogens with zero attached hydrogens (tertiary/aromatic N) is 2. The third-order valence-electron chi connectivity index (χ3n) is 4.64. The summed E-state index contributed by atoms with van der Waals surface area (Å²) >= 11 is 6.08. The molecule has 2 N–H and O–H groups in total. The standard InChI is InChI=1S/C20H25ClN4O/c1-15-3-4-17(13-19(15)21)23-20(26)14-22-16-5-7-18(8-6-16)25-11-9-24(2)10-12-25/h3-8,13,22H,9-12,14H2,1-2H3,(H,23,26). The normalized spacial score (nSPS) is 15.0. The number of rotatable bonds is 5. The fourth-order valence-corrected chi connectivity index (χ4v) is 3.09. The minimum Gasteiger partial charge on any atom is -0.376 e. The Balaban J connectivity index is 1.49. The van der Waals surface area contributed by atoms with Gasteiger partial charge in [0.1, 0.15) is 0 Å². The van der Waals surface area contributed by atoms with Gasteiger partial charge < -0.3 is 20.4 Å². The van der Waals surface area contributed by atoms with Crippen LogP contribution in [0.2, 0.25) is 5.02 Å². The van der Waals surface area contributed by atoms with E-state index < -0.39 is 0 Å². The summed E-state index contributed by atoms with van der Waals surface area (Å²) in [5.74, 6) is -0.104. The smallest absolute Gasteiger partial charge is 0.243 e. The number of likely N-dealkylation sites (N-methyl/N-ethyl adjacent to an activating group) is 1. The molecule has 2 aromatic carbocycles. The maximum Gasteiger partial charge on any atom is 0.243 e. The molecule has 1 saturated heterocycles. The molecule has 1 aliphatic heterocycles. The molecule has 0 atom stereocenters. The SMILES string of the molecule is Cc1ccc(NC(=O)CNc2ccc(N3CCN(C)CC3)cc2)cc1Cl. The maximum absolute atomic E-state index is 12.1. The van der Waals surface area contributed by atoms with Crippen LogP contribution in [0.4, 0.5) is 17.1 Å². The van der Waals surface area contributed by atoms with E-state index in [1.807, 2.05) is 31.2 Å². The zero-order valence-electron chi connectivity index (χ0n) is 15.3. The van der Waals surface area contributed by atoms with Crippen molar-refractivity contribution in [1.82, 2.24) is 4.90 Å². The van der Waals surface area contributed by atoms with Crippen LogP contribution >= 0.6 is 11.6 Å². The molecule has 138 valence electrons. The van der Waals surface area contributed by atoms with Crippen molar-refractivity contribution >= 4 is 34.6 Å².